The van der Waals surface area contributed by atoms with Gasteiger partial charge >= 0.3 is 5.69 Å². The SMILES string of the molecule is COc1ncc(NC(=O)[C@H]2CC[C@@H](n3c(=O)[nH]c4c(F)cccc43)CC2)cc1C. The zero-order chi connectivity index (χ0) is 20.5. The van der Waals surface area contributed by atoms with E-state index in [4.69, 9.17) is 4.74 Å². The number of halogens is 1. The molecule has 2 aromatic heterocycles. The number of benzene rings is 1. The second-order valence-corrected chi connectivity index (χ2v) is 7.48. The lowest BCUT2D eigenvalue weighted by Crippen LogP contribution is -2.31. The van der Waals surface area contributed by atoms with E-state index in [9.17, 15) is 14.0 Å². The van der Waals surface area contributed by atoms with Crippen LogP contribution in [0.25, 0.3) is 11.0 Å². The van der Waals surface area contributed by atoms with Gasteiger partial charge in [-0.2, -0.15) is 0 Å². The number of ether oxygens (including phenoxy) is 1. The van der Waals surface area contributed by atoms with Crippen molar-refractivity contribution in [3.63, 3.8) is 0 Å². The zero-order valence-electron chi connectivity index (χ0n) is 16.4. The zero-order valence-corrected chi connectivity index (χ0v) is 16.4. The summed E-state index contributed by atoms with van der Waals surface area (Å²) in [6.45, 7) is 1.87. The third-order valence-electron chi connectivity index (χ3n) is 5.63. The first-order valence-electron chi connectivity index (χ1n) is 9.68. The number of amides is 1. The molecule has 2 heterocycles. The Balaban J connectivity index is 1.44. The molecule has 4 rings (SSSR count). The second-order valence-electron chi connectivity index (χ2n) is 7.48. The molecular weight excluding hydrogens is 375 g/mol. The molecule has 1 aromatic carbocycles. The van der Waals surface area contributed by atoms with E-state index in [-0.39, 0.29) is 29.1 Å². The minimum Gasteiger partial charge on any atom is -0.481 e. The fourth-order valence-corrected chi connectivity index (χ4v) is 4.16. The number of anilines is 1. The topological polar surface area (TPSA) is 89.0 Å². The maximum atomic E-state index is 13.9. The van der Waals surface area contributed by atoms with Crippen molar-refractivity contribution < 1.29 is 13.9 Å². The maximum Gasteiger partial charge on any atom is 0.326 e. The van der Waals surface area contributed by atoms with Gasteiger partial charge in [0.2, 0.25) is 11.8 Å². The van der Waals surface area contributed by atoms with Gasteiger partial charge in [0.05, 0.1) is 24.5 Å². The van der Waals surface area contributed by atoms with E-state index in [1.165, 1.54) is 6.07 Å². The van der Waals surface area contributed by atoms with Crippen LogP contribution in [0.2, 0.25) is 0 Å². The normalized spacial score (nSPS) is 19.3. The number of aromatic amines is 1. The number of rotatable bonds is 4. The Labute approximate surface area is 166 Å². The molecule has 7 nitrogen and oxygen atoms in total. The van der Waals surface area contributed by atoms with E-state index in [2.05, 4.69) is 15.3 Å². The van der Waals surface area contributed by atoms with Crippen LogP contribution in [-0.4, -0.2) is 27.6 Å². The summed E-state index contributed by atoms with van der Waals surface area (Å²) in [5.74, 6) is -0.0858. The summed E-state index contributed by atoms with van der Waals surface area (Å²) in [7, 11) is 1.56. The predicted molar refractivity (Wildman–Crippen MR) is 108 cm³/mol. The largest absolute Gasteiger partial charge is 0.481 e. The van der Waals surface area contributed by atoms with Crippen molar-refractivity contribution in [3.8, 4) is 5.88 Å². The summed E-state index contributed by atoms with van der Waals surface area (Å²) >= 11 is 0. The minimum absolute atomic E-state index is 0.0489. The Hall–Kier alpha value is -3.16. The number of aromatic nitrogens is 3. The van der Waals surface area contributed by atoms with E-state index in [0.29, 0.717) is 42.8 Å². The van der Waals surface area contributed by atoms with Crippen LogP contribution >= 0.6 is 0 Å². The third-order valence-corrected chi connectivity index (χ3v) is 5.63. The molecule has 1 fully saturated rings. The Bertz CT molecular complexity index is 1110. The van der Waals surface area contributed by atoms with Crippen molar-refractivity contribution in [3.05, 3.63) is 52.3 Å². The van der Waals surface area contributed by atoms with Crippen LogP contribution in [0.1, 0.15) is 37.3 Å². The monoisotopic (exact) mass is 398 g/mol. The van der Waals surface area contributed by atoms with Gasteiger partial charge in [0, 0.05) is 17.5 Å². The van der Waals surface area contributed by atoms with Crippen LogP contribution in [0.15, 0.2) is 35.3 Å². The van der Waals surface area contributed by atoms with Crippen molar-refractivity contribution in [2.45, 2.75) is 38.6 Å². The Morgan fingerprint density at radius 2 is 2.07 bits per heavy atom. The number of fused-ring (bicyclic) bond motifs is 1. The van der Waals surface area contributed by atoms with Crippen LogP contribution in [0, 0.1) is 18.7 Å². The molecule has 8 heteroatoms. The van der Waals surface area contributed by atoms with Gasteiger partial charge in [-0.15, -0.1) is 0 Å². The van der Waals surface area contributed by atoms with Crippen molar-refractivity contribution in [1.29, 1.82) is 0 Å². The smallest absolute Gasteiger partial charge is 0.326 e. The van der Waals surface area contributed by atoms with Crippen molar-refractivity contribution in [2.75, 3.05) is 12.4 Å². The number of nitrogens with one attached hydrogen (secondary N) is 2. The molecular formula is C21H23FN4O3. The van der Waals surface area contributed by atoms with Gasteiger partial charge in [-0.3, -0.25) is 9.36 Å². The number of aryl methyl sites for hydroxylation is 1. The molecule has 0 radical (unpaired) electrons. The molecule has 1 saturated carbocycles. The number of imidazole rings is 1. The Kier molecular flexibility index (Phi) is 5.08. The summed E-state index contributed by atoms with van der Waals surface area (Å²) in [4.78, 5) is 31.8. The van der Waals surface area contributed by atoms with Crippen molar-refractivity contribution in [1.82, 2.24) is 14.5 Å². The van der Waals surface area contributed by atoms with E-state index in [0.717, 1.165) is 5.56 Å². The first-order valence-corrected chi connectivity index (χ1v) is 9.68. The number of nitrogens with zero attached hydrogens (tertiary/aromatic N) is 2. The van der Waals surface area contributed by atoms with E-state index >= 15 is 0 Å². The van der Waals surface area contributed by atoms with E-state index < -0.39 is 5.82 Å². The van der Waals surface area contributed by atoms with Gasteiger partial charge in [-0.05, 0) is 50.8 Å². The Morgan fingerprint density at radius 3 is 2.76 bits per heavy atom. The van der Waals surface area contributed by atoms with Gasteiger partial charge < -0.3 is 15.0 Å². The lowest BCUT2D eigenvalue weighted by molar-refractivity contribution is -0.121. The lowest BCUT2D eigenvalue weighted by atomic mass is 9.85. The fraction of sp³-hybridized carbons (Fsp3) is 0.381. The minimum atomic E-state index is -0.435. The summed E-state index contributed by atoms with van der Waals surface area (Å²) < 4.78 is 20.7. The number of carbonyl (C=O) groups excluding carboxylic acids is 1. The highest BCUT2D eigenvalue weighted by molar-refractivity contribution is 5.92. The molecule has 29 heavy (non-hydrogen) atoms. The van der Waals surface area contributed by atoms with Gasteiger partial charge in [0.1, 0.15) is 11.3 Å². The van der Waals surface area contributed by atoms with Crippen LogP contribution in [-0.2, 0) is 4.79 Å². The fourth-order valence-electron chi connectivity index (χ4n) is 4.16. The molecule has 3 aromatic rings. The summed E-state index contributed by atoms with van der Waals surface area (Å²) in [5, 5.41) is 2.92. The van der Waals surface area contributed by atoms with Crippen LogP contribution in [0.4, 0.5) is 10.1 Å². The van der Waals surface area contributed by atoms with E-state index in [1.54, 1.807) is 30.0 Å². The predicted octanol–water partition coefficient (Wildman–Crippen LogP) is 3.55. The van der Waals surface area contributed by atoms with Crippen LogP contribution < -0.4 is 15.7 Å². The van der Waals surface area contributed by atoms with Gasteiger partial charge in [-0.25, -0.2) is 14.2 Å². The molecule has 1 aliphatic rings. The second kappa shape index (κ2) is 7.69. The number of para-hydroxylation sites is 1. The lowest BCUT2D eigenvalue weighted by Gasteiger charge is -2.28. The number of pyridine rings is 1. The number of carbonyl (C=O) groups is 1. The Morgan fingerprint density at radius 1 is 1.31 bits per heavy atom. The average molecular weight is 398 g/mol. The summed E-state index contributed by atoms with van der Waals surface area (Å²) in [6, 6.07) is 6.46. The van der Waals surface area contributed by atoms with Crippen LogP contribution in [0.5, 0.6) is 5.88 Å². The first-order chi connectivity index (χ1) is 14.0. The molecule has 152 valence electrons. The highest BCUT2D eigenvalue weighted by Gasteiger charge is 2.29. The molecule has 0 aliphatic heterocycles. The third kappa shape index (κ3) is 3.62. The number of methoxy groups -OCH3 is 1. The number of hydrogen-bond acceptors (Lipinski definition) is 4. The molecule has 0 unspecified atom stereocenters. The molecule has 1 aliphatic carbocycles. The van der Waals surface area contributed by atoms with E-state index in [1.807, 2.05) is 13.0 Å². The number of H-pyrrole nitrogens is 1. The van der Waals surface area contributed by atoms with Gasteiger partial charge in [-0.1, -0.05) is 6.07 Å². The van der Waals surface area contributed by atoms with Gasteiger partial charge in [0.25, 0.3) is 0 Å². The highest BCUT2D eigenvalue weighted by Crippen LogP contribution is 2.34. The quantitative estimate of drug-likeness (QED) is 0.703. The highest BCUT2D eigenvalue weighted by atomic mass is 19.1. The average Bonchev–Trinajstić information content (AvgIpc) is 3.05. The van der Waals surface area contributed by atoms with Crippen LogP contribution in [0.3, 0.4) is 0 Å². The molecule has 1 amide bonds. The first kappa shape index (κ1) is 19.2. The summed E-state index contributed by atoms with van der Waals surface area (Å²) in [6.07, 6.45) is 4.26. The molecule has 0 bridgehead atoms. The molecule has 0 spiro atoms. The number of hydrogen-bond donors (Lipinski definition) is 2. The molecule has 0 saturated heterocycles. The van der Waals surface area contributed by atoms with Gasteiger partial charge in [0.15, 0.2) is 0 Å². The molecule has 2 N–H and O–H groups in total. The summed E-state index contributed by atoms with van der Waals surface area (Å²) in [5.41, 5.74) is 1.99. The van der Waals surface area contributed by atoms with Crippen molar-refractivity contribution >= 4 is 22.6 Å². The molecule has 0 atom stereocenters. The standard InChI is InChI=1S/C21H23FN4O3/c1-12-10-14(11-23-20(12)29-2)24-19(27)13-6-8-15(9-7-13)26-17-5-3-4-16(22)18(17)25-21(26)28/h3-5,10-11,13,15H,6-9H2,1-2H3,(H,24,27)(H,25,28)/t13-,15+. The van der Waals surface area contributed by atoms with Crippen molar-refractivity contribution in [2.24, 2.45) is 5.92 Å². The maximum absolute atomic E-state index is 13.9.